The summed E-state index contributed by atoms with van der Waals surface area (Å²) >= 11 is 1.90. The van der Waals surface area contributed by atoms with Gasteiger partial charge in [-0.3, -0.25) is 0 Å². The Kier molecular flexibility index (Phi) is 4.44. The molecule has 0 unspecified atom stereocenters. The fourth-order valence-electron chi connectivity index (χ4n) is 3.11. The highest BCUT2D eigenvalue weighted by atomic mass is 32.1. The summed E-state index contributed by atoms with van der Waals surface area (Å²) in [7, 11) is 2.11. The van der Waals surface area contributed by atoms with Gasteiger partial charge in [0.05, 0.1) is 11.2 Å². The first-order valence-electron chi connectivity index (χ1n) is 7.31. The van der Waals surface area contributed by atoms with Crippen molar-refractivity contribution in [3.8, 4) is 0 Å². The van der Waals surface area contributed by atoms with Crippen LogP contribution in [-0.4, -0.2) is 12.0 Å². The van der Waals surface area contributed by atoms with E-state index in [9.17, 15) is 0 Å². The van der Waals surface area contributed by atoms with Crippen molar-refractivity contribution in [2.75, 3.05) is 7.05 Å². The Morgan fingerprint density at radius 1 is 1.33 bits per heavy atom. The molecule has 0 radical (unpaired) electrons. The van der Waals surface area contributed by atoms with E-state index in [0.717, 1.165) is 12.3 Å². The van der Waals surface area contributed by atoms with E-state index in [0.29, 0.717) is 0 Å². The van der Waals surface area contributed by atoms with Crippen molar-refractivity contribution in [2.24, 2.45) is 5.92 Å². The fourth-order valence-corrected chi connectivity index (χ4v) is 4.37. The van der Waals surface area contributed by atoms with Gasteiger partial charge in [0, 0.05) is 4.88 Å². The lowest BCUT2D eigenvalue weighted by Crippen LogP contribution is -2.43. The van der Waals surface area contributed by atoms with Crippen molar-refractivity contribution in [3.63, 3.8) is 0 Å². The minimum atomic E-state index is 0.161. The average molecular weight is 266 g/mol. The average Bonchev–Trinajstić information content (AvgIpc) is 2.80. The molecule has 1 aliphatic rings. The number of nitrogens with one attached hydrogen (secondary N) is 1. The highest BCUT2D eigenvalue weighted by Gasteiger charge is 2.37. The zero-order valence-corrected chi connectivity index (χ0v) is 13.0. The van der Waals surface area contributed by atoms with Gasteiger partial charge in [-0.2, -0.15) is 0 Å². The Labute approximate surface area is 115 Å². The van der Waals surface area contributed by atoms with Crippen LogP contribution in [0.15, 0.2) is 0 Å². The summed E-state index contributed by atoms with van der Waals surface area (Å²) in [4.78, 5) is 6.30. The summed E-state index contributed by atoms with van der Waals surface area (Å²) in [5.41, 5.74) is 1.45. The number of rotatable bonds is 4. The molecule has 2 nitrogen and oxygen atoms in total. The molecular weight excluding hydrogens is 240 g/mol. The molecule has 0 bridgehead atoms. The summed E-state index contributed by atoms with van der Waals surface area (Å²) < 4.78 is 0. The maximum Gasteiger partial charge on any atom is 0.113 e. The van der Waals surface area contributed by atoms with Gasteiger partial charge in [-0.25, -0.2) is 4.98 Å². The van der Waals surface area contributed by atoms with Crippen LogP contribution in [0.5, 0.6) is 0 Å². The smallest absolute Gasteiger partial charge is 0.113 e. The molecule has 0 aliphatic heterocycles. The number of aryl methyl sites for hydroxylation is 2. The molecule has 1 heterocycles. The first-order chi connectivity index (χ1) is 8.65. The minimum Gasteiger partial charge on any atom is -0.308 e. The third kappa shape index (κ3) is 2.48. The van der Waals surface area contributed by atoms with Crippen molar-refractivity contribution in [1.82, 2.24) is 10.3 Å². The first kappa shape index (κ1) is 14.0. The first-order valence-corrected chi connectivity index (χ1v) is 8.12. The van der Waals surface area contributed by atoms with Gasteiger partial charge in [-0.15, -0.1) is 11.3 Å². The number of thiazole rings is 1. The molecule has 2 rings (SSSR count). The van der Waals surface area contributed by atoms with E-state index in [1.165, 1.54) is 47.7 Å². The summed E-state index contributed by atoms with van der Waals surface area (Å²) in [6.07, 6.45) is 7.57. The van der Waals surface area contributed by atoms with E-state index in [4.69, 9.17) is 4.98 Å². The topological polar surface area (TPSA) is 24.9 Å². The largest absolute Gasteiger partial charge is 0.308 e. The summed E-state index contributed by atoms with van der Waals surface area (Å²) in [6, 6.07) is 0. The highest BCUT2D eigenvalue weighted by molar-refractivity contribution is 7.11. The molecule has 0 saturated heterocycles. The normalized spacial score (nSPS) is 28.6. The zero-order chi connectivity index (χ0) is 13.2. The van der Waals surface area contributed by atoms with Gasteiger partial charge < -0.3 is 5.32 Å². The van der Waals surface area contributed by atoms with Gasteiger partial charge >= 0.3 is 0 Å². The molecule has 102 valence electrons. The van der Waals surface area contributed by atoms with Crippen LogP contribution in [0.3, 0.4) is 0 Å². The molecule has 1 saturated carbocycles. The monoisotopic (exact) mass is 266 g/mol. The second kappa shape index (κ2) is 5.70. The Morgan fingerprint density at radius 3 is 2.44 bits per heavy atom. The van der Waals surface area contributed by atoms with Gasteiger partial charge in [0.2, 0.25) is 0 Å². The highest BCUT2D eigenvalue weighted by Crippen LogP contribution is 2.42. The van der Waals surface area contributed by atoms with Gasteiger partial charge in [0.15, 0.2) is 0 Å². The molecule has 1 aromatic heterocycles. The lowest BCUT2D eigenvalue weighted by Gasteiger charge is -2.38. The van der Waals surface area contributed by atoms with Gasteiger partial charge in [0.1, 0.15) is 5.01 Å². The second-order valence-electron chi connectivity index (χ2n) is 5.56. The van der Waals surface area contributed by atoms with Crippen molar-refractivity contribution in [1.29, 1.82) is 0 Å². The molecule has 1 N–H and O–H groups in total. The van der Waals surface area contributed by atoms with E-state index in [2.05, 4.69) is 33.1 Å². The Morgan fingerprint density at radius 2 is 2.00 bits per heavy atom. The van der Waals surface area contributed by atoms with Gasteiger partial charge in [-0.1, -0.05) is 20.3 Å². The second-order valence-corrected chi connectivity index (χ2v) is 6.76. The standard InChI is InChI=1S/C15H26N2S/c1-5-12-7-9-15(16-4,10-8-12)14-17-13(6-2)11(3)18-14/h12,16H,5-10H2,1-4H3. The molecule has 0 amide bonds. The number of aromatic nitrogens is 1. The number of nitrogens with zero attached hydrogens (tertiary/aromatic N) is 1. The summed E-state index contributed by atoms with van der Waals surface area (Å²) in [6.45, 7) is 6.73. The SMILES string of the molecule is CCc1nc(C2(NC)CCC(CC)CC2)sc1C. The Balaban J connectivity index is 2.22. The van der Waals surface area contributed by atoms with E-state index < -0.39 is 0 Å². The fraction of sp³-hybridized carbons (Fsp3) is 0.800. The van der Waals surface area contributed by atoms with Crippen molar-refractivity contribution in [3.05, 3.63) is 15.6 Å². The predicted octanol–water partition coefficient (Wildman–Crippen LogP) is 4.03. The molecule has 3 heteroatoms. The lowest BCUT2D eigenvalue weighted by molar-refractivity contribution is 0.195. The molecule has 0 spiro atoms. The molecule has 0 atom stereocenters. The maximum absolute atomic E-state index is 4.90. The molecule has 1 aliphatic carbocycles. The lowest BCUT2D eigenvalue weighted by atomic mass is 9.76. The van der Waals surface area contributed by atoms with Crippen LogP contribution in [0.4, 0.5) is 0 Å². The van der Waals surface area contributed by atoms with Crippen LogP contribution in [-0.2, 0) is 12.0 Å². The van der Waals surface area contributed by atoms with E-state index in [1.54, 1.807) is 0 Å². The number of hydrogen-bond donors (Lipinski definition) is 1. The van der Waals surface area contributed by atoms with Gasteiger partial charge in [0.25, 0.3) is 0 Å². The van der Waals surface area contributed by atoms with E-state index >= 15 is 0 Å². The van der Waals surface area contributed by atoms with E-state index in [-0.39, 0.29) is 5.54 Å². The maximum atomic E-state index is 4.90. The Bertz CT molecular complexity index is 389. The zero-order valence-electron chi connectivity index (χ0n) is 12.2. The van der Waals surface area contributed by atoms with Crippen LogP contribution in [0.2, 0.25) is 0 Å². The Hall–Kier alpha value is -0.410. The summed E-state index contributed by atoms with van der Waals surface area (Å²) in [5.74, 6) is 0.929. The van der Waals surface area contributed by atoms with Crippen molar-refractivity contribution >= 4 is 11.3 Å². The van der Waals surface area contributed by atoms with Crippen LogP contribution < -0.4 is 5.32 Å². The van der Waals surface area contributed by atoms with Gasteiger partial charge in [-0.05, 0) is 52.0 Å². The molecule has 1 fully saturated rings. The molecule has 0 aromatic carbocycles. The van der Waals surface area contributed by atoms with Crippen molar-refractivity contribution < 1.29 is 0 Å². The third-order valence-electron chi connectivity index (χ3n) is 4.65. The molecule has 1 aromatic rings. The molecular formula is C15H26N2S. The van der Waals surface area contributed by atoms with Crippen LogP contribution in [0.25, 0.3) is 0 Å². The van der Waals surface area contributed by atoms with Crippen LogP contribution in [0.1, 0.15) is 61.5 Å². The number of hydrogen-bond acceptors (Lipinski definition) is 3. The quantitative estimate of drug-likeness (QED) is 0.890. The van der Waals surface area contributed by atoms with Crippen LogP contribution >= 0.6 is 11.3 Å². The predicted molar refractivity (Wildman–Crippen MR) is 79.2 cm³/mol. The minimum absolute atomic E-state index is 0.161. The van der Waals surface area contributed by atoms with E-state index in [1.807, 2.05) is 11.3 Å². The summed E-state index contributed by atoms with van der Waals surface area (Å²) in [5, 5.41) is 4.92. The van der Waals surface area contributed by atoms with Crippen LogP contribution in [0, 0.1) is 12.8 Å². The van der Waals surface area contributed by atoms with Crippen molar-refractivity contribution in [2.45, 2.75) is 64.8 Å². The molecule has 18 heavy (non-hydrogen) atoms. The third-order valence-corrected chi connectivity index (χ3v) is 5.87.